The zero-order valence-electron chi connectivity index (χ0n) is 10.4. The molecule has 0 saturated heterocycles. The maximum atomic E-state index is 5.70. The summed E-state index contributed by atoms with van der Waals surface area (Å²) in [5.41, 5.74) is 1.00. The van der Waals surface area contributed by atoms with Crippen LogP contribution in [0.4, 0.5) is 0 Å². The molecule has 1 aliphatic rings. The molecular weight excluding hydrogens is 324 g/mol. The van der Waals surface area contributed by atoms with Crippen molar-refractivity contribution in [2.75, 3.05) is 0 Å². The Labute approximate surface area is 125 Å². The summed E-state index contributed by atoms with van der Waals surface area (Å²) >= 11 is 5.10. The summed E-state index contributed by atoms with van der Waals surface area (Å²) in [5.74, 6) is 0.869. The van der Waals surface area contributed by atoms with Gasteiger partial charge in [-0.15, -0.1) is 11.3 Å². The van der Waals surface area contributed by atoms with Gasteiger partial charge in [-0.25, -0.2) is 4.98 Å². The molecule has 1 heterocycles. The standard InChI is InChI=1S/C14H15BrN2OS/c15-10-1-5-13(6-2-10)18-8-12-9-19-14(17-12)7-16-11-3-4-11/h1-2,5-6,9,11,16H,3-4,7-8H2. The van der Waals surface area contributed by atoms with Gasteiger partial charge in [0.1, 0.15) is 17.4 Å². The fourth-order valence-electron chi connectivity index (χ4n) is 1.70. The summed E-state index contributed by atoms with van der Waals surface area (Å²) in [6, 6.07) is 8.58. The molecule has 3 nitrogen and oxygen atoms in total. The monoisotopic (exact) mass is 338 g/mol. The molecule has 19 heavy (non-hydrogen) atoms. The van der Waals surface area contributed by atoms with Gasteiger partial charge in [0, 0.05) is 22.4 Å². The van der Waals surface area contributed by atoms with Crippen LogP contribution in [-0.4, -0.2) is 11.0 Å². The van der Waals surface area contributed by atoms with Crippen LogP contribution >= 0.6 is 27.3 Å². The predicted molar refractivity (Wildman–Crippen MR) is 80.4 cm³/mol. The van der Waals surface area contributed by atoms with Crippen LogP contribution in [0, 0.1) is 0 Å². The first-order valence-electron chi connectivity index (χ1n) is 6.34. The molecule has 0 aliphatic heterocycles. The van der Waals surface area contributed by atoms with E-state index in [1.807, 2.05) is 24.3 Å². The number of thiazole rings is 1. The second-order valence-electron chi connectivity index (χ2n) is 4.63. The van der Waals surface area contributed by atoms with Crippen molar-refractivity contribution in [2.24, 2.45) is 0 Å². The number of ether oxygens (including phenoxy) is 1. The van der Waals surface area contributed by atoms with E-state index in [1.54, 1.807) is 11.3 Å². The average molecular weight is 339 g/mol. The third kappa shape index (κ3) is 4.03. The van der Waals surface area contributed by atoms with Crippen molar-refractivity contribution in [1.82, 2.24) is 10.3 Å². The van der Waals surface area contributed by atoms with Crippen LogP contribution in [0.2, 0.25) is 0 Å². The summed E-state index contributed by atoms with van der Waals surface area (Å²) in [7, 11) is 0. The van der Waals surface area contributed by atoms with Gasteiger partial charge in [-0.05, 0) is 37.1 Å². The van der Waals surface area contributed by atoms with Gasteiger partial charge in [0.2, 0.25) is 0 Å². The zero-order chi connectivity index (χ0) is 13.1. The van der Waals surface area contributed by atoms with Crippen LogP contribution in [0.5, 0.6) is 5.75 Å². The Morgan fingerprint density at radius 3 is 2.84 bits per heavy atom. The van der Waals surface area contributed by atoms with Crippen LogP contribution in [-0.2, 0) is 13.2 Å². The quantitative estimate of drug-likeness (QED) is 0.871. The minimum atomic E-state index is 0.529. The number of benzene rings is 1. The van der Waals surface area contributed by atoms with E-state index < -0.39 is 0 Å². The highest BCUT2D eigenvalue weighted by Crippen LogP contribution is 2.21. The molecule has 100 valence electrons. The Balaban J connectivity index is 1.50. The summed E-state index contributed by atoms with van der Waals surface area (Å²) in [6.07, 6.45) is 2.62. The third-order valence-electron chi connectivity index (χ3n) is 2.92. The van der Waals surface area contributed by atoms with Crippen LogP contribution in [0.3, 0.4) is 0 Å². The van der Waals surface area contributed by atoms with E-state index in [-0.39, 0.29) is 0 Å². The zero-order valence-corrected chi connectivity index (χ0v) is 12.8. The number of aromatic nitrogens is 1. The van der Waals surface area contributed by atoms with Crippen molar-refractivity contribution in [3.05, 3.63) is 44.8 Å². The van der Waals surface area contributed by atoms with Gasteiger partial charge in [0.15, 0.2) is 0 Å². The lowest BCUT2D eigenvalue weighted by Crippen LogP contribution is -2.15. The molecule has 1 saturated carbocycles. The van der Waals surface area contributed by atoms with Crippen LogP contribution in [0.15, 0.2) is 34.1 Å². The van der Waals surface area contributed by atoms with E-state index >= 15 is 0 Å². The highest BCUT2D eigenvalue weighted by atomic mass is 79.9. The smallest absolute Gasteiger partial charge is 0.131 e. The first-order valence-corrected chi connectivity index (χ1v) is 8.02. The Kier molecular flexibility index (Phi) is 4.15. The van der Waals surface area contributed by atoms with E-state index in [1.165, 1.54) is 12.8 Å². The number of hydrogen-bond donors (Lipinski definition) is 1. The second kappa shape index (κ2) is 6.03. The van der Waals surface area contributed by atoms with Crippen molar-refractivity contribution in [3.8, 4) is 5.75 Å². The number of nitrogens with zero attached hydrogens (tertiary/aromatic N) is 1. The van der Waals surface area contributed by atoms with Gasteiger partial charge in [-0.3, -0.25) is 0 Å². The van der Waals surface area contributed by atoms with E-state index in [9.17, 15) is 0 Å². The normalized spacial score (nSPS) is 14.6. The van der Waals surface area contributed by atoms with Crippen molar-refractivity contribution in [3.63, 3.8) is 0 Å². The molecule has 1 aliphatic carbocycles. The molecule has 1 aromatic heterocycles. The molecule has 0 bridgehead atoms. The largest absolute Gasteiger partial charge is 0.487 e. The highest BCUT2D eigenvalue weighted by Gasteiger charge is 2.20. The minimum Gasteiger partial charge on any atom is -0.487 e. The summed E-state index contributed by atoms with van der Waals surface area (Å²) in [6.45, 7) is 1.41. The second-order valence-corrected chi connectivity index (χ2v) is 6.49. The maximum Gasteiger partial charge on any atom is 0.131 e. The molecule has 0 radical (unpaired) electrons. The fourth-order valence-corrected chi connectivity index (χ4v) is 2.70. The van der Waals surface area contributed by atoms with Gasteiger partial charge in [0.05, 0.1) is 5.69 Å². The Morgan fingerprint density at radius 1 is 1.32 bits per heavy atom. The van der Waals surface area contributed by atoms with Crippen LogP contribution < -0.4 is 10.1 Å². The van der Waals surface area contributed by atoms with Crippen molar-refractivity contribution in [1.29, 1.82) is 0 Å². The van der Waals surface area contributed by atoms with Gasteiger partial charge < -0.3 is 10.1 Å². The summed E-state index contributed by atoms with van der Waals surface area (Å²) < 4.78 is 6.76. The Hall–Kier alpha value is -0.910. The molecule has 1 N–H and O–H groups in total. The minimum absolute atomic E-state index is 0.529. The van der Waals surface area contributed by atoms with Gasteiger partial charge >= 0.3 is 0 Å². The molecule has 1 fully saturated rings. The lowest BCUT2D eigenvalue weighted by atomic mass is 10.3. The highest BCUT2D eigenvalue weighted by molar-refractivity contribution is 9.10. The summed E-state index contributed by atoms with van der Waals surface area (Å²) in [5, 5.41) is 6.68. The molecule has 0 atom stereocenters. The molecular formula is C14H15BrN2OS. The van der Waals surface area contributed by atoms with Crippen molar-refractivity contribution in [2.45, 2.75) is 32.0 Å². The molecule has 2 aromatic rings. The molecule has 5 heteroatoms. The Morgan fingerprint density at radius 2 is 2.11 bits per heavy atom. The van der Waals surface area contributed by atoms with E-state index in [0.717, 1.165) is 33.5 Å². The molecule has 0 unspecified atom stereocenters. The number of nitrogens with one attached hydrogen (secondary N) is 1. The summed E-state index contributed by atoms with van der Waals surface area (Å²) in [4.78, 5) is 4.56. The number of halogens is 1. The van der Waals surface area contributed by atoms with Crippen molar-refractivity contribution < 1.29 is 4.74 Å². The number of rotatable bonds is 6. The molecule has 3 rings (SSSR count). The Bertz CT molecular complexity index is 537. The van der Waals surface area contributed by atoms with Gasteiger partial charge in [0.25, 0.3) is 0 Å². The van der Waals surface area contributed by atoms with Crippen LogP contribution in [0.1, 0.15) is 23.5 Å². The van der Waals surface area contributed by atoms with E-state index in [0.29, 0.717) is 6.61 Å². The first-order chi connectivity index (χ1) is 9.29. The van der Waals surface area contributed by atoms with Crippen LogP contribution in [0.25, 0.3) is 0 Å². The lowest BCUT2D eigenvalue weighted by molar-refractivity contribution is 0.302. The van der Waals surface area contributed by atoms with E-state index in [2.05, 4.69) is 31.6 Å². The fraction of sp³-hybridized carbons (Fsp3) is 0.357. The predicted octanol–water partition coefficient (Wildman–Crippen LogP) is 3.74. The lowest BCUT2D eigenvalue weighted by Gasteiger charge is -2.03. The first kappa shape index (κ1) is 13.1. The van der Waals surface area contributed by atoms with Gasteiger partial charge in [-0.1, -0.05) is 15.9 Å². The third-order valence-corrected chi connectivity index (χ3v) is 4.35. The molecule has 1 aromatic carbocycles. The molecule has 0 spiro atoms. The molecule has 0 amide bonds. The van der Waals surface area contributed by atoms with Crippen molar-refractivity contribution >= 4 is 27.3 Å². The topological polar surface area (TPSA) is 34.1 Å². The SMILES string of the molecule is Brc1ccc(OCc2csc(CNC3CC3)n2)cc1. The van der Waals surface area contributed by atoms with Gasteiger partial charge in [-0.2, -0.15) is 0 Å². The number of hydrogen-bond acceptors (Lipinski definition) is 4. The maximum absolute atomic E-state index is 5.70. The van der Waals surface area contributed by atoms with E-state index in [4.69, 9.17) is 4.74 Å². The average Bonchev–Trinajstić information content (AvgIpc) is 3.15.